The summed E-state index contributed by atoms with van der Waals surface area (Å²) >= 11 is 2.60. The SMILES string of the molecule is O=C(Nc1nnc(SCc2ccc(F)cc2)s1)c1ccnc(C(=O)O)c1. The summed E-state index contributed by atoms with van der Waals surface area (Å²) in [5.74, 6) is -1.41. The molecule has 132 valence electrons. The molecule has 0 aliphatic carbocycles. The molecule has 2 heterocycles. The summed E-state index contributed by atoms with van der Waals surface area (Å²) < 4.78 is 13.5. The van der Waals surface area contributed by atoms with Gasteiger partial charge in [-0.05, 0) is 29.8 Å². The quantitative estimate of drug-likeness (QED) is 0.491. The van der Waals surface area contributed by atoms with E-state index < -0.39 is 11.9 Å². The van der Waals surface area contributed by atoms with Crippen molar-refractivity contribution < 1.29 is 19.1 Å². The number of benzene rings is 1. The van der Waals surface area contributed by atoms with Crippen LogP contribution in [0.4, 0.5) is 9.52 Å². The number of pyridine rings is 1. The summed E-state index contributed by atoms with van der Waals surface area (Å²) in [6.45, 7) is 0. The van der Waals surface area contributed by atoms with Crippen molar-refractivity contribution in [1.82, 2.24) is 15.2 Å². The van der Waals surface area contributed by atoms with Crippen molar-refractivity contribution in [1.29, 1.82) is 0 Å². The number of rotatable bonds is 6. The number of hydrogen-bond donors (Lipinski definition) is 2. The van der Waals surface area contributed by atoms with Gasteiger partial charge in [0.05, 0.1) is 0 Å². The van der Waals surface area contributed by atoms with Crippen LogP contribution in [0.2, 0.25) is 0 Å². The molecule has 0 aliphatic rings. The van der Waals surface area contributed by atoms with Crippen LogP contribution >= 0.6 is 23.1 Å². The first-order chi connectivity index (χ1) is 12.5. The molecule has 3 aromatic rings. The number of amides is 1. The molecule has 0 atom stereocenters. The standard InChI is InChI=1S/C16H11FN4O3S2/c17-11-3-1-9(2-4-11)8-25-16-21-20-15(26-16)19-13(22)10-5-6-18-12(7-10)14(23)24/h1-7H,8H2,(H,23,24)(H,19,20,22). The Morgan fingerprint density at radius 3 is 2.69 bits per heavy atom. The Balaban J connectivity index is 1.61. The number of nitrogens with zero attached hydrogens (tertiary/aromatic N) is 3. The van der Waals surface area contributed by atoms with Crippen molar-refractivity contribution in [3.63, 3.8) is 0 Å². The predicted molar refractivity (Wildman–Crippen MR) is 95.0 cm³/mol. The number of aromatic nitrogens is 3. The van der Waals surface area contributed by atoms with Crippen molar-refractivity contribution in [2.75, 3.05) is 5.32 Å². The normalized spacial score (nSPS) is 10.5. The number of carbonyl (C=O) groups is 2. The Bertz CT molecular complexity index is 947. The number of nitrogens with one attached hydrogen (secondary N) is 1. The number of carboxylic acid groups (broad SMARTS) is 1. The zero-order valence-electron chi connectivity index (χ0n) is 13.0. The highest BCUT2D eigenvalue weighted by Gasteiger charge is 2.13. The van der Waals surface area contributed by atoms with Gasteiger partial charge in [0.25, 0.3) is 5.91 Å². The fraction of sp³-hybridized carbons (Fsp3) is 0.0625. The second-order valence-electron chi connectivity index (χ2n) is 4.98. The van der Waals surface area contributed by atoms with Gasteiger partial charge in [0.2, 0.25) is 5.13 Å². The molecule has 10 heteroatoms. The molecule has 3 rings (SSSR count). The highest BCUT2D eigenvalue weighted by Crippen LogP contribution is 2.28. The molecule has 0 fully saturated rings. The molecule has 26 heavy (non-hydrogen) atoms. The second-order valence-corrected chi connectivity index (χ2v) is 7.18. The first-order valence-corrected chi connectivity index (χ1v) is 9.03. The van der Waals surface area contributed by atoms with Crippen molar-refractivity contribution in [3.8, 4) is 0 Å². The molecule has 0 unspecified atom stereocenters. The van der Waals surface area contributed by atoms with Crippen LogP contribution in [0.5, 0.6) is 0 Å². The van der Waals surface area contributed by atoms with E-state index in [1.165, 1.54) is 53.6 Å². The Labute approximate surface area is 155 Å². The van der Waals surface area contributed by atoms with E-state index in [2.05, 4.69) is 20.5 Å². The highest BCUT2D eigenvalue weighted by molar-refractivity contribution is 8.00. The topological polar surface area (TPSA) is 105 Å². The predicted octanol–water partition coefficient (Wildman–Crippen LogP) is 3.32. The lowest BCUT2D eigenvalue weighted by Crippen LogP contribution is -2.13. The minimum Gasteiger partial charge on any atom is -0.477 e. The van der Waals surface area contributed by atoms with Gasteiger partial charge >= 0.3 is 5.97 Å². The maximum absolute atomic E-state index is 12.9. The molecule has 0 spiro atoms. The molecule has 1 aromatic carbocycles. The van der Waals surface area contributed by atoms with Crippen LogP contribution in [0.1, 0.15) is 26.4 Å². The zero-order chi connectivity index (χ0) is 18.5. The van der Waals surface area contributed by atoms with E-state index in [1.54, 1.807) is 12.1 Å². The molecule has 0 radical (unpaired) electrons. The molecular formula is C16H11FN4O3S2. The largest absolute Gasteiger partial charge is 0.477 e. The van der Waals surface area contributed by atoms with Gasteiger partial charge in [-0.25, -0.2) is 14.2 Å². The number of halogens is 1. The van der Waals surface area contributed by atoms with Crippen LogP contribution in [0.15, 0.2) is 46.9 Å². The fourth-order valence-corrected chi connectivity index (χ4v) is 3.61. The number of aromatic carboxylic acids is 1. The minimum absolute atomic E-state index is 0.160. The van der Waals surface area contributed by atoms with Crippen LogP contribution in [0, 0.1) is 5.82 Å². The highest BCUT2D eigenvalue weighted by atomic mass is 32.2. The summed E-state index contributed by atoms with van der Waals surface area (Å²) in [6.07, 6.45) is 1.25. The lowest BCUT2D eigenvalue weighted by molar-refractivity contribution is 0.0690. The summed E-state index contributed by atoms with van der Waals surface area (Å²) in [7, 11) is 0. The number of thioether (sulfide) groups is 1. The molecule has 0 saturated heterocycles. The second kappa shape index (κ2) is 8.02. The Hall–Kier alpha value is -2.85. The molecule has 0 saturated carbocycles. The zero-order valence-corrected chi connectivity index (χ0v) is 14.7. The summed E-state index contributed by atoms with van der Waals surface area (Å²) in [4.78, 5) is 26.7. The van der Waals surface area contributed by atoms with E-state index in [0.29, 0.717) is 15.2 Å². The smallest absolute Gasteiger partial charge is 0.354 e. The number of carboxylic acids is 1. The molecule has 1 amide bonds. The van der Waals surface area contributed by atoms with Gasteiger partial charge in [-0.1, -0.05) is 35.2 Å². The molecular weight excluding hydrogens is 379 g/mol. The molecule has 7 nitrogen and oxygen atoms in total. The van der Waals surface area contributed by atoms with Gasteiger partial charge in [-0.3, -0.25) is 10.1 Å². The van der Waals surface area contributed by atoms with Crippen LogP contribution in [-0.4, -0.2) is 32.2 Å². The first kappa shape index (κ1) is 18.0. The van der Waals surface area contributed by atoms with Gasteiger partial charge < -0.3 is 5.11 Å². The molecule has 2 aromatic heterocycles. The lowest BCUT2D eigenvalue weighted by Gasteiger charge is -2.01. The third-order valence-electron chi connectivity index (χ3n) is 3.14. The molecule has 0 aliphatic heterocycles. The van der Waals surface area contributed by atoms with E-state index in [1.807, 2.05) is 0 Å². The van der Waals surface area contributed by atoms with Gasteiger partial charge in [-0.15, -0.1) is 10.2 Å². The number of hydrogen-bond acceptors (Lipinski definition) is 7. The van der Waals surface area contributed by atoms with Crippen molar-refractivity contribution in [2.45, 2.75) is 10.1 Å². The molecule has 2 N–H and O–H groups in total. The monoisotopic (exact) mass is 390 g/mol. The van der Waals surface area contributed by atoms with Crippen LogP contribution in [0.25, 0.3) is 0 Å². The van der Waals surface area contributed by atoms with Crippen LogP contribution in [-0.2, 0) is 5.75 Å². The fourth-order valence-electron chi connectivity index (χ4n) is 1.90. The average molecular weight is 390 g/mol. The Kier molecular flexibility index (Phi) is 5.54. The van der Waals surface area contributed by atoms with E-state index in [9.17, 15) is 14.0 Å². The van der Waals surface area contributed by atoms with Gasteiger partial charge in [-0.2, -0.15) is 0 Å². The third-order valence-corrected chi connectivity index (χ3v) is 5.19. The van der Waals surface area contributed by atoms with E-state index in [-0.39, 0.29) is 17.1 Å². The summed E-state index contributed by atoms with van der Waals surface area (Å²) in [6, 6.07) is 8.75. The van der Waals surface area contributed by atoms with E-state index in [0.717, 1.165) is 5.56 Å². The van der Waals surface area contributed by atoms with E-state index >= 15 is 0 Å². The van der Waals surface area contributed by atoms with Crippen LogP contribution in [0.3, 0.4) is 0 Å². The maximum atomic E-state index is 12.9. The first-order valence-electron chi connectivity index (χ1n) is 7.23. The number of anilines is 1. The van der Waals surface area contributed by atoms with Crippen molar-refractivity contribution in [3.05, 3.63) is 65.2 Å². The number of carbonyl (C=O) groups excluding carboxylic acids is 1. The van der Waals surface area contributed by atoms with Crippen molar-refractivity contribution in [2.24, 2.45) is 0 Å². The Morgan fingerprint density at radius 2 is 1.96 bits per heavy atom. The average Bonchev–Trinajstić information content (AvgIpc) is 3.08. The lowest BCUT2D eigenvalue weighted by atomic mass is 10.2. The van der Waals surface area contributed by atoms with Gasteiger partial charge in [0, 0.05) is 17.5 Å². The van der Waals surface area contributed by atoms with Gasteiger partial charge in [0.15, 0.2) is 4.34 Å². The van der Waals surface area contributed by atoms with E-state index in [4.69, 9.17) is 5.11 Å². The summed E-state index contributed by atoms with van der Waals surface area (Å²) in [5.41, 5.74) is 0.883. The van der Waals surface area contributed by atoms with Crippen molar-refractivity contribution >= 4 is 40.1 Å². The maximum Gasteiger partial charge on any atom is 0.354 e. The van der Waals surface area contributed by atoms with Gasteiger partial charge in [0.1, 0.15) is 11.5 Å². The van der Waals surface area contributed by atoms with Crippen LogP contribution < -0.4 is 5.32 Å². The Morgan fingerprint density at radius 1 is 1.19 bits per heavy atom. The third kappa shape index (κ3) is 4.61. The minimum atomic E-state index is -1.21. The molecule has 0 bridgehead atoms. The summed E-state index contributed by atoms with van der Waals surface area (Å²) in [5, 5.41) is 19.7.